The van der Waals surface area contributed by atoms with Crippen LogP contribution in [0.2, 0.25) is 0 Å². The molecule has 2 aliphatic rings. The molecule has 0 spiro atoms. The third kappa shape index (κ3) is 2.39. The summed E-state index contributed by atoms with van der Waals surface area (Å²) < 4.78 is 0. The maximum Gasteiger partial charge on any atom is 0.230 e. The number of hydrogen-bond donors (Lipinski definition) is 2. The van der Waals surface area contributed by atoms with Gasteiger partial charge in [-0.05, 0) is 31.2 Å². The van der Waals surface area contributed by atoms with E-state index in [2.05, 4.69) is 5.32 Å². The maximum atomic E-state index is 12.5. The Bertz CT molecular complexity index is 453. The number of carbonyl (C=O) groups is 1. The first-order valence-electron chi connectivity index (χ1n) is 7.27. The van der Waals surface area contributed by atoms with E-state index in [1.54, 1.807) is 0 Å². The van der Waals surface area contributed by atoms with Gasteiger partial charge in [-0.3, -0.25) is 4.79 Å². The molecule has 3 nitrogen and oxygen atoms in total. The molecule has 102 valence electrons. The van der Waals surface area contributed by atoms with Gasteiger partial charge in [0.2, 0.25) is 5.91 Å². The van der Waals surface area contributed by atoms with E-state index in [1.807, 2.05) is 30.3 Å². The average Bonchev–Trinajstić information content (AvgIpc) is 3.24. The summed E-state index contributed by atoms with van der Waals surface area (Å²) in [6.45, 7) is 0. The van der Waals surface area contributed by atoms with Crippen molar-refractivity contribution in [1.29, 1.82) is 0 Å². The molecule has 2 N–H and O–H groups in total. The quantitative estimate of drug-likeness (QED) is 0.873. The number of carbonyl (C=O) groups excluding carboxylic acids is 1. The van der Waals surface area contributed by atoms with Gasteiger partial charge in [0, 0.05) is 0 Å². The highest BCUT2D eigenvalue weighted by Gasteiger charge is 2.51. The molecule has 2 saturated carbocycles. The van der Waals surface area contributed by atoms with Crippen molar-refractivity contribution in [3.8, 4) is 0 Å². The first-order chi connectivity index (χ1) is 9.22. The van der Waals surface area contributed by atoms with Crippen molar-refractivity contribution in [2.75, 3.05) is 0 Å². The van der Waals surface area contributed by atoms with Gasteiger partial charge in [-0.15, -0.1) is 0 Å². The number of hydrogen-bond acceptors (Lipinski definition) is 2. The largest absolute Gasteiger partial charge is 0.391 e. The van der Waals surface area contributed by atoms with Crippen molar-refractivity contribution >= 4 is 5.91 Å². The van der Waals surface area contributed by atoms with E-state index in [9.17, 15) is 9.90 Å². The van der Waals surface area contributed by atoms with Crippen molar-refractivity contribution in [1.82, 2.24) is 5.32 Å². The van der Waals surface area contributed by atoms with Crippen LogP contribution < -0.4 is 5.32 Å². The zero-order valence-corrected chi connectivity index (χ0v) is 11.1. The van der Waals surface area contributed by atoms with Crippen LogP contribution in [0.3, 0.4) is 0 Å². The lowest BCUT2D eigenvalue weighted by molar-refractivity contribution is -0.125. The normalized spacial score (nSPS) is 28.7. The molecule has 0 aliphatic heterocycles. The maximum absolute atomic E-state index is 12.5. The minimum absolute atomic E-state index is 0.0533. The Morgan fingerprint density at radius 3 is 2.47 bits per heavy atom. The summed E-state index contributed by atoms with van der Waals surface area (Å²) in [7, 11) is 0. The first-order valence-corrected chi connectivity index (χ1v) is 7.27. The Balaban J connectivity index is 1.70. The minimum atomic E-state index is -0.371. The lowest BCUT2D eigenvalue weighted by atomic mass is 9.90. The van der Waals surface area contributed by atoms with Crippen molar-refractivity contribution in [3.05, 3.63) is 35.9 Å². The molecule has 19 heavy (non-hydrogen) atoms. The number of aliphatic hydroxyl groups is 1. The van der Waals surface area contributed by atoms with E-state index in [1.165, 1.54) is 0 Å². The molecule has 0 aromatic heterocycles. The second kappa shape index (κ2) is 4.97. The Morgan fingerprint density at radius 1 is 1.16 bits per heavy atom. The van der Waals surface area contributed by atoms with Crippen molar-refractivity contribution in [2.24, 2.45) is 0 Å². The Hall–Kier alpha value is -1.35. The van der Waals surface area contributed by atoms with Gasteiger partial charge in [0.05, 0.1) is 17.6 Å². The van der Waals surface area contributed by atoms with E-state index in [0.29, 0.717) is 0 Å². The van der Waals surface area contributed by atoms with Crippen LogP contribution in [0.1, 0.15) is 44.1 Å². The molecule has 1 aromatic rings. The molecule has 3 heteroatoms. The highest BCUT2D eigenvalue weighted by Crippen LogP contribution is 2.48. The monoisotopic (exact) mass is 259 g/mol. The molecule has 2 fully saturated rings. The number of aliphatic hydroxyl groups excluding tert-OH is 1. The van der Waals surface area contributed by atoms with E-state index in [4.69, 9.17) is 0 Å². The van der Waals surface area contributed by atoms with Gasteiger partial charge < -0.3 is 10.4 Å². The molecular weight excluding hydrogens is 238 g/mol. The second-order valence-corrected chi connectivity index (χ2v) is 5.88. The van der Waals surface area contributed by atoms with Crippen LogP contribution in [-0.2, 0) is 10.2 Å². The minimum Gasteiger partial charge on any atom is -0.391 e. The number of rotatable bonds is 3. The number of benzene rings is 1. The molecule has 0 saturated heterocycles. The summed E-state index contributed by atoms with van der Waals surface area (Å²) in [6.07, 6.45) is 5.35. The zero-order valence-electron chi connectivity index (χ0n) is 11.1. The Labute approximate surface area is 114 Å². The predicted octanol–water partition coefficient (Wildman–Crippen LogP) is 2.14. The predicted molar refractivity (Wildman–Crippen MR) is 73.8 cm³/mol. The molecule has 2 aliphatic carbocycles. The van der Waals surface area contributed by atoms with Crippen molar-refractivity contribution in [2.45, 2.75) is 56.1 Å². The third-order valence-electron chi connectivity index (χ3n) is 4.56. The molecule has 1 amide bonds. The number of nitrogens with one attached hydrogen (secondary N) is 1. The van der Waals surface area contributed by atoms with Crippen LogP contribution in [-0.4, -0.2) is 23.2 Å². The summed E-state index contributed by atoms with van der Waals surface area (Å²) in [4.78, 5) is 12.5. The van der Waals surface area contributed by atoms with Gasteiger partial charge in [0.1, 0.15) is 0 Å². The Kier molecular flexibility index (Phi) is 3.31. The highest BCUT2D eigenvalue weighted by atomic mass is 16.3. The fraction of sp³-hybridized carbons (Fsp3) is 0.562. The number of amides is 1. The van der Waals surface area contributed by atoms with Gasteiger partial charge in [0.15, 0.2) is 0 Å². The summed E-state index contributed by atoms with van der Waals surface area (Å²) in [6, 6.07) is 9.95. The van der Waals surface area contributed by atoms with Gasteiger partial charge >= 0.3 is 0 Å². The zero-order chi connectivity index (χ0) is 13.3. The van der Waals surface area contributed by atoms with E-state index < -0.39 is 0 Å². The molecule has 0 heterocycles. The SMILES string of the molecule is O=C(NC1CCCCC1O)C1(c2ccccc2)CC1. The standard InChI is InChI=1S/C16H21NO2/c18-14-9-5-4-8-13(14)17-15(19)16(10-11-16)12-6-2-1-3-7-12/h1-3,6-7,13-14,18H,4-5,8-11H2,(H,17,19). The van der Waals surface area contributed by atoms with Crippen molar-refractivity contribution in [3.63, 3.8) is 0 Å². The summed E-state index contributed by atoms with van der Waals surface area (Å²) in [5, 5.41) is 13.0. The van der Waals surface area contributed by atoms with Crippen LogP contribution in [0.5, 0.6) is 0 Å². The topological polar surface area (TPSA) is 49.3 Å². The van der Waals surface area contributed by atoms with Gasteiger partial charge in [-0.2, -0.15) is 0 Å². The molecule has 3 rings (SSSR count). The lowest BCUT2D eigenvalue weighted by Crippen LogP contribution is -2.48. The Morgan fingerprint density at radius 2 is 1.84 bits per heavy atom. The second-order valence-electron chi connectivity index (χ2n) is 5.88. The third-order valence-corrected chi connectivity index (χ3v) is 4.56. The molecule has 1 aromatic carbocycles. The van der Waals surface area contributed by atoms with E-state index in [0.717, 1.165) is 44.1 Å². The van der Waals surface area contributed by atoms with Crippen molar-refractivity contribution < 1.29 is 9.90 Å². The summed E-state index contributed by atoms with van der Waals surface area (Å²) in [5.41, 5.74) is 0.788. The highest BCUT2D eigenvalue weighted by molar-refractivity contribution is 5.91. The molecule has 0 bridgehead atoms. The van der Waals surface area contributed by atoms with Gasteiger partial charge in [-0.1, -0.05) is 43.2 Å². The van der Waals surface area contributed by atoms with Crippen LogP contribution in [0.15, 0.2) is 30.3 Å². The summed E-state index contributed by atoms with van der Waals surface area (Å²) >= 11 is 0. The van der Waals surface area contributed by atoms with E-state index >= 15 is 0 Å². The van der Waals surface area contributed by atoms with E-state index in [-0.39, 0.29) is 23.5 Å². The fourth-order valence-corrected chi connectivity index (χ4v) is 3.12. The van der Waals surface area contributed by atoms with Crippen LogP contribution in [0.25, 0.3) is 0 Å². The van der Waals surface area contributed by atoms with Gasteiger partial charge in [-0.25, -0.2) is 0 Å². The fourth-order valence-electron chi connectivity index (χ4n) is 3.12. The lowest BCUT2D eigenvalue weighted by Gasteiger charge is -2.30. The molecule has 0 radical (unpaired) electrons. The molecule has 2 unspecified atom stereocenters. The average molecular weight is 259 g/mol. The van der Waals surface area contributed by atoms with Crippen LogP contribution in [0.4, 0.5) is 0 Å². The van der Waals surface area contributed by atoms with Crippen LogP contribution in [0, 0.1) is 0 Å². The molecular formula is C16H21NO2. The molecule has 2 atom stereocenters. The first kappa shape index (κ1) is 12.7. The van der Waals surface area contributed by atoms with Gasteiger partial charge in [0.25, 0.3) is 0 Å². The summed E-state index contributed by atoms with van der Waals surface area (Å²) in [5.74, 6) is 0.102. The van der Waals surface area contributed by atoms with Crippen LogP contribution >= 0.6 is 0 Å². The smallest absolute Gasteiger partial charge is 0.230 e.